The van der Waals surface area contributed by atoms with Gasteiger partial charge in [0.25, 0.3) is 0 Å². The van der Waals surface area contributed by atoms with Crippen molar-refractivity contribution in [2.75, 3.05) is 0 Å². The number of aliphatic hydroxyl groups excluding tert-OH is 1. The Bertz CT molecular complexity index is 485. The van der Waals surface area contributed by atoms with Crippen LogP contribution < -0.4 is 0 Å². The summed E-state index contributed by atoms with van der Waals surface area (Å²) in [6.45, 7) is 0. The maximum atomic E-state index is 9.95. The number of rotatable bonds is 2. The van der Waals surface area contributed by atoms with Crippen LogP contribution in [0.15, 0.2) is 42.6 Å². The van der Waals surface area contributed by atoms with E-state index in [1.807, 2.05) is 0 Å². The lowest BCUT2D eigenvalue weighted by Crippen LogP contribution is -2.01. The van der Waals surface area contributed by atoms with Gasteiger partial charge < -0.3 is 15.3 Å². The zero-order valence-electron chi connectivity index (χ0n) is 8.41. The van der Waals surface area contributed by atoms with Crippen LogP contribution in [0, 0.1) is 0 Å². The Morgan fingerprint density at radius 2 is 1.81 bits per heavy atom. The molecule has 1 aromatic carbocycles. The molecule has 1 aromatic heterocycles. The topological polar surface area (TPSA) is 73.6 Å². The summed E-state index contributed by atoms with van der Waals surface area (Å²) in [5.41, 5.74) is 0.974. The molecule has 0 amide bonds. The van der Waals surface area contributed by atoms with Gasteiger partial charge in [-0.2, -0.15) is 0 Å². The molecular weight excluding hydrogens is 206 g/mol. The maximum absolute atomic E-state index is 9.95. The molecule has 1 unspecified atom stereocenters. The highest BCUT2D eigenvalue weighted by atomic mass is 16.3. The Labute approximate surface area is 92.5 Å². The molecule has 0 saturated carbocycles. The van der Waals surface area contributed by atoms with Crippen molar-refractivity contribution in [3.05, 3.63) is 53.9 Å². The normalized spacial score (nSPS) is 12.3. The summed E-state index contributed by atoms with van der Waals surface area (Å²) in [7, 11) is 0. The molecule has 0 bridgehead atoms. The predicted octanol–water partition coefficient (Wildman–Crippen LogP) is 1.57. The molecule has 0 aliphatic heterocycles. The van der Waals surface area contributed by atoms with Crippen LogP contribution in [-0.4, -0.2) is 20.3 Å². The molecule has 0 fully saturated rings. The van der Waals surface area contributed by atoms with Crippen molar-refractivity contribution in [2.24, 2.45) is 0 Å². The van der Waals surface area contributed by atoms with E-state index in [0.29, 0.717) is 11.3 Å². The first kappa shape index (κ1) is 10.4. The van der Waals surface area contributed by atoms with Gasteiger partial charge in [0.05, 0.1) is 5.69 Å². The van der Waals surface area contributed by atoms with Crippen molar-refractivity contribution in [3.8, 4) is 11.5 Å². The van der Waals surface area contributed by atoms with Crippen molar-refractivity contribution in [2.45, 2.75) is 6.10 Å². The summed E-state index contributed by atoms with van der Waals surface area (Å²) in [6.07, 6.45) is 0.673. The van der Waals surface area contributed by atoms with Crippen molar-refractivity contribution in [1.29, 1.82) is 0 Å². The highest BCUT2D eigenvalue weighted by Crippen LogP contribution is 2.29. The third kappa shape index (κ3) is 1.97. The fraction of sp³-hybridized carbons (Fsp3) is 0.0833. The van der Waals surface area contributed by atoms with Gasteiger partial charge in [0, 0.05) is 6.20 Å². The van der Waals surface area contributed by atoms with Gasteiger partial charge in [0.1, 0.15) is 6.10 Å². The molecule has 3 N–H and O–H groups in total. The average Bonchev–Trinajstić information content (AvgIpc) is 2.33. The van der Waals surface area contributed by atoms with E-state index in [2.05, 4.69) is 4.98 Å². The Balaban J connectivity index is 2.34. The van der Waals surface area contributed by atoms with Crippen LogP contribution in [0.3, 0.4) is 0 Å². The summed E-state index contributed by atoms with van der Waals surface area (Å²) >= 11 is 0. The Morgan fingerprint density at radius 1 is 1.00 bits per heavy atom. The molecule has 4 nitrogen and oxygen atoms in total. The molecule has 0 spiro atoms. The molecular formula is C12H11NO3. The lowest BCUT2D eigenvalue weighted by molar-refractivity contribution is 0.214. The number of hydrogen-bond acceptors (Lipinski definition) is 4. The summed E-state index contributed by atoms with van der Waals surface area (Å²) in [5.74, 6) is -0.468. The van der Waals surface area contributed by atoms with E-state index in [-0.39, 0.29) is 11.5 Å². The molecule has 1 heterocycles. The number of nitrogens with zero attached hydrogens (tertiary/aromatic N) is 1. The zero-order chi connectivity index (χ0) is 11.5. The molecule has 0 radical (unpaired) electrons. The van der Waals surface area contributed by atoms with Crippen LogP contribution in [-0.2, 0) is 0 Å². The fourth-order valence-electron chi connectivity index (χ4n) is 1.42. The standard InChI is InChI=1S/C12H11NO3/c14-10-5-4-8(7-11(10)15)12(16)9-3-1-2-6-13-9/h1-7,12,14-16H. The minimum absolute atomic E-state index is 0.211. The van der Waals surface area contributed by atoms with Gasteiger partial charge in [0.2, 0.25) is 0 Å². The highest BCUT2D eigenvalue weighted by molar-refractivity contribution is 5.42. The largest absolute Gasteiger partial charge is 0.504 e. The molecule has 2 rings (SSSR count). The zero-order valence-corrected chi connectivity index (χ0v) is 8.41. The first-order chi connectivity index (χ1) is 7.68. The van der Waals surface area contributed by atoms with E-state index >= 15 is 0 Å². The summed E-state index contributed by atoms with van der Waals surface area (Å²) in [5, 5.41) is 28.4. The lowest BCUT2D eigenvalue weighted by atomic mass is 10.1. The van der Waals surface area contributed by atoms with E-state index in [4.69, 9.17) is 5.11 Å². The molecule has 4 heteroatoms. The number of phenolic OH excluding ortho intramolecular Hbond substituents is 2. The monoisotopic (exact) mass is 217 g/mol. The Morgan fingerprint density at radius 3 is 2.44 bits per heavy atom. The SMILES string of the molecule is Oc1ccc(C(O)c2ccccn2)cc1O. The molecule has 1 atom stereocenters. The summed E-state index contributed by atoms with van der Waals surface area (Å²) in [6, 6.07) is 9.39. The molecule has 82 valence electrons. The first-order valence-corrected chi connectivity index (χ1v) is 4.79. The number of phenols is 2. The number of aliphatic hydroxyl groups is 1. The summed E-state index contributed by atoms with van der Waals surface area (Å²) < 4.78 is 0. The first-order valence-electron chi connectivity index (χ1n) is 4.79. The average molecular weight is 217 g/mol. The van der Waals surface area contributed by atoms with Crippen LogP contribution in [0.2, 0.25) is 0 Å². The number of aromatic hydroxyl groups is 2. The van der Waals surface area contributed by atoms with Crippen molar-refractivity contribution < 1.29 is 15.3 Å². The lowest BCUT2D eigenvalue weighted by Gasteiger charge is -2.10. The van der Waals surface area contributed by atoms with Gasteiger partial charge >= 0.3 is 0 Å². The van der Waals surface area contributed by atoms with Crippen molar-refractivity contribution >= 4 is 0 Å². The fourth-order valence-corrected chi connectivity index (χ4v) is 1.42. The van der Waals surface area contributed by atoms with Crippen molar-refractivity contribution in [3.63, 3.8) is 0 Å². The van der Waals surface area contributed by atoms with Gasteiger partial charge in [-0.3, -0.25) is 4.98 Å². The second kappa shape index (κ2) is 4.20. The molecule has 0 saturated heterocycles. The smallest absolute Gasteiger partial charge is 0.157 e. The Hall–Kier alpha value is -2.07. The molecule has 0 aliphatic carbocycles. The van der Waals surface area contributed by atoms with E-state index in [0.717, 1.165) is 0 Å². The second-order valence-electron chi connectivity index (χ2n) is 3.41. The van der Waals surface area contributed by atoms with E-state index < -0.39 is 6.10 Å². The van der Waals surface area contributed by atoms with Crippen LogP contribution in [0.1, 0.15) is 17.4 Å². The Kier molecular flexibility index (Phi) is 2.74. The molecule has 16 heavy (non-hydrogen) atoms. The molecule has 2 aromatic rings. The van der Waals surface area contributed by atoms with E-state index in [1.165, 1.54) is 18.2 Å². The maximum Gasteiger partial charge on any atom is 0.157 e. The second-order valence-corrected chi connectivity index (χ2v) is 3.41. The van der Waals surface area contributed by atoms with E-state index in [9.17, 15) is 10.2 Å². The van der Waals surface area contributed by atoms with Gasteiger partial charge in [0.15, 0.2) is 11.5 Å². The minimum atomic E-state index is -0.910. The summed E-state index contributed by atoms with van der Waals surface area (Å²) in [4.78, 5) is 4.01. The van der Waals surface area contributed by atoms with Crippen molar-refractivity contribution in [1.82, 2.24) is 4.98 Å². The number of hydrogen-bond donors (Lipinski definition) is 3. The van der Waals surface area contributed by atoms with Gasteiger partial charge in [-0.15, -0.1) is 0 Å². The highest BCUT2D eigenvalue weighted by Gasteiger charge is 2.12. The van der Waals surface area contributed by atoms with Gasteiger partial charge in [-0.1, -0.05) is 12.1 Å². The molecule has 0 aliphatic rings. The third-order valence-electron chi connectivity index (χ3n) is 2.28. The van der Waals surface area contributed by atoms with Gasteiger partial charge in [-0.05, 0) is 29.8 Å². The van der Waals surface area contributed by atoms with Gasteiger partial charge in [-0.25, -0.2) is 0 Å². The predicted molar refractivity (Wildman–Crippen MR) is 58.1 cm³/mol. The third-order valence-corrected chi connectivity index (χ3v) is 2.28. The van der Waals surface area contributed by atoms with Crippen LogP contribution in [0.5, 0.6) is 11.5 Å². The number of aromatic nitrogens is 1. The minimum Gasteiger partial charge on any atom is -0.504 e. The quantitative estimate of drug-likeness (QED) is 0.667. The van der Waals surface area contributed by atoms with E-state index in [1.54, 1.807) is 24.4 Å². The number of benzene rings is 1. The van der Waals surface area contributed by atoms with Crippen LogP contribution >= 0.6 is 0 Å². The van der Waals surface area contributed by atoms with Crippen LogP contribution in [0.4, 0.5) is 0 Å². The number of pyridine rings is 1. The van der Waals surface area contributed by atoms with Crippen LogP contribution in [0.25, 0.3) is 0 Å².